The number of hydrogen-bond donors (Lipinski definition) is 0. The van der Waals surface area contributed by atoms with Crippen molar-refractivity contribution in [1.29, 1.82) is 0 Å². The van der Waals surface area contributed by atoms with E-state index in [0.29, 0.717) is 6.42 Å². The van der Waals surface area contributed by atoms with Crippen molar-refractivity contribution < 1.29 is 9.13 Å². The summed E-state index contributed by atoms with van der Waals surface area (Å²) in [7, 11) is 0. The van der Waals surface area contributed by atoms with Gasteiger partial charge in [-0.15, -0.1) is 0 Å². The van der Waals surface area contributed by atoms with Gasteiger partial charge in [0.05, 0.1) is 0 Å². The Morgan fingerprint density at radius 2 is 1.95 bits per heavy atom. The fraction of sp³-hybridized carbons (Fsp3) is 0.235. The fourth-order valence-corrected chi connectivity index (χ4v) is 2.62. The Hall–Kier alpha value is -1.83. The molecule has 0 saturated heterocycles. The van der Waals surface area contributed by atoms with E-state index in [9.17, 15) is 4.39 Å². The first-order chi connectivity index (χ1) is 9.04. The van der Waals surface area contributed by atoms with E-state index in [4.69, 9.17) is 4.74 Å². The number of rotatable bonds is 1. The maximum absolute atomic E-state index is 13.8. The van der Waals surface area contributed by atoms with E-state index < -0.39 is 0 Å². The third-order valence-corrected chi connectivity index (χ3v) is 3.55. The van der Waals surface area contributed by atoms with E-state index in [0.717, 1.165) is 33.6 Å². The second kappa shape index (κ2) is 4.37. The Morgan fingerprint density at radius 1 is 1.16 bits per heavy atom. The van der Waals surface area contributed by atoms with E-state index >= 15 is 0 Å². The number of benzene rings is 2. The predicted octanol–water partition coefficient (Wildman–Crippen LogP) is 4.25. The van der Waals surface area contributed by atoms with Crippen LogP contribution in [0.5, 0.6) is 5.75 Å². The van der Waals surface area contributed by atoms with Gasteiger partial charge < -0.3 is 4.74 Å². The summed E-state index contributed by atoms with van der Waals surface area (Å²) in [5, 5.41) is 0. The van der Waals surface area contributed by atoms with E-state index in [-0.39, 0.29) is 11.9 Å². The van der Waals surface area contributed by atoms with Gasteiger partial charge in [-0.05, 0) is 44.0 Å². The highest BCUT2D eigenvalue weighted by Gasteiger charge is 2.24. The Morgan fingerprint density at radius 3 is 2.74 bits per heavy atom. The summed E-state index contributed by atoms with van der Waals surface area (Å²) in [6, 6.07) is 9.29. The molecule has 1 unspecified atom stereocenters. The molecule has 0 amide bonds. The molecule has 2 heteroatoms. The Labute approximate surface area is 113 Å². The number of aryl methyl sites for hydroxylation is 2. The topological polar surface area (TPSA) is 9.23 Å². The minimum absolute atomic E-state index is 0.124. The predicted molar refractivity (Wildman–Crippen MR) is 74.8 cm³/mol. The zero-order valence-electron chi connectivity index (χ0n) is 11.2. The summed E-state index contributed by atoms with van der Waals surface area (Å²) >= 11 is 0. The van der Waals surface area contributed by atoms with Crippen LogP contribution in [0.25, 0.3) is 11.1 Å². The summed E-state index contributed by atoms with van der Waals surface area (Å²) in [5.41, 5.74) is 5.06. The van der Waals surface area contributed by atoms with Crippen molar-refractivity contribution >= 4 is 0 Å². The molecular weight excluding hydrogens is 239 g/mol. The molecule has 3 rings (SSSR count). The molecule has 1 radical (unpaired) electrons. The molecule has 97 valence electrons. The molecule has 1 atom stereocenters. The lowest BCUT2D eigenvalue weighted by Crippen LogP contribution is -2.06. The molecule has 0 fully saturated rings. The molecule has 1 aliphatic rings. The number of fused-ring (bicyclic) bond motifs is 1. The van der Waals surface area contributed by atoms with Crippen molar-refractivity contribution in [1.82, 2.24) is 0 Å². The van der Waals surface area contributed by atoms with Crippen molar-refractivity contribution in [2.24, 2.45) is 0 Å². The van der Waals surface area contributed by atoms with Crippen molar-refractivity contribution in [3.63, 3.8) is 0 Å². The maximum atomic E-state index is 13.8. The second-order valence-electron chi connectivity index (χ2n) is 5.20. The first-order valence-electron chi connectivity index (χ1n) is 6.44. The highest BCUT2D eigenvalue weighted by molar-refractivity contribution is 5.76. The SMILES string of the molecule is [CH2]C1Cc2cc(F)cc(-c3cc(C)ccc3C)c2O1. The van der Waals surface area contributed by atoms with Gasteiger partial charge in [0.1, 0.15) is 17.7 Å². The average Bonchev–Trinajstić information content (AvgIpc) is 2.71. The van der Waals surface area contributed by atoms with Crippen LogP contribution in [0.2, 0.25) is 0 Å². The van der Waals surface area contributed by atoms with Crippen LogP contribution in [-0.4, -0.2) is 6.10 Å². The highest BCUT2D eigenvalue weighted by atomic mass is 19.1. The summed E-state index contributed by atoms with van der Waals surface area (Å²) in [4.78, 5) is 0. The van der Waals surface area contributed by atoms with Crippen LogP contribution in [0, 0.1) is 26.6 Å². The zero-order chi connectivity index (χ0) is 13.6. The molecule has 0 saturated carbocycles. The van der Waals surface area contributed by atoms with Gasteiger partial charge in [-0.25, -0.2) is 4.39 Å². The summed E-state index contributed by atoms with van der Waals surface area (Å²) in [6.45, 7) is 7.98. The van der Waals surface area contributed by atoms with E-state index in [1.165, 1.54) is 0 Å². The second-order valence-corrected chi connectivity index (χ2v) is 5.20. The van der Waals surface area contributed by atoms with Crippen LogP contribution in [0.15, 0.2) is 30.3 Å². The van der Waals surface area contributed by atoms with Gasteiger partial charge in [-0.2, -0.15) is 0 Å². The number of halogens is 1. The van der Waals surface area contributed by atoms with Gasteiger partial charge in [0.25, 0.3) is 0 Å². The van der Waals surface area contributed by atoms with Gasteiger partial charge in [-0.3, -0.25) is 0 Å². The molecule has 0 aromatic heterocycles. The van der Waals surface area contributed by atoms with Gasteiger partial charge in [0.15, 0.2) is 0 Å². The standard InChI is InChI=1S/C17H16FO/c1-10-4-5-11(2)15(6-10)16-9-14(18)8-13-7-12(3)19-17(13)16/h4-6,8-9,12H,3,7H2,1-2H3. The Bertz CT molecular complexity index is 646. The zero-order valence-corrected chi connectivity index (χ0v) is 11.2. The third-order valence-electron chi connectivity index (χ3n) is 3.55. The lowest BCUT2D eigenvalue weighted by molar-refractivity contribution is 0.282. The molecule has 0 aliphatic carbocycles. The molecule has 1 heterocycles. The van der Waals surface area contributed by atoms with Crippen molar-refractivity contribution in [3.8, 4) is 16.9 Å². The van der Waals surface area contributed by atoms with Gasteiger partial charge in [0.2, 0.25) is 0 Å². The summed E-state index contributed by atoms with van der Waals surface area (Å²) in [5.74, 6) is 0.572. The third kappa shape index (κ3) is 2.12. The number of hydrogen-bond acceptors (Lipinski definition) is 1. The van der Waals surface area contributed by atoms with E-state index in [1.54, 1.807) is 12.1 Å². The molecule has 0 bridgehead atoms. The molecule has 1 aliphatic heterocycles. The van der Waals surface area contributed by atoms with Crippen LogP contribution in [0.3, 0.4) is 0 Å². The fourth-order valence-electron chi connectivity index (χ4n) is 2.62. The first kappa shape index (κ1) is 12.2. The van der Waals surface area contributed by atoms with Gasteiger partial charge in [0, 0.05) is 17.5 Å². The van der Waals surface area contributed by atoms with Crippen LogP contribution in [-0.2, 0) is 6.42 Å². The lowest BCUT2D eigenvalue weighted by atomic mass is 9.95. The minimum Gasteiger partial charge on any atom is -0.489 e. The van der Waals surface area contributed by atoms with Gasteiger partial charge in [-0.1, -0.05) is 23.8 Å². The van der Waals surface area contributed by atoms with Crippen molar-refractivity contribution in [2.45, 2.75) is 26.4 Å². The highest BCUT2D eigenvalue weighted by Crippen LogP contribution is 2.40. The molecule has 19 heavy (non-hydrogen) atoms. The minimum atomic E-state index is -0.215. The summed E-state index contributed by atoms with van der Waals surface area (Å²) < 4.78 is 19.6. The molecule has 0 N–H and O–H groups in total. The van der Waals surface area contributed by atoms with Crippen LogP contribution in [0.1, 0.15) is 16.7 Å². The lowest BCUT2D eigenvalue weighted by Gasteiger charge is -2.13. The largest absolute Gasteiger partial charge is 0.489 e. The van der Waals surface area contributed by atoms with Gasteiger partial charge >= 0.3 is 0 Å². The molecule has 2 aromatic carbocycles. The molecule has 2 aromatic rings. The maximum Gasteiger partial charge on any atom is 0.131 e. The smallest absolute Gasteiger partial charge is 0.131 e. The Kier molecular flexibility index (Phi) is 2.81. The van der Waals surface area contributed by atoms with E-state index in [2.05, 4.69) is 25.1 Å². The van der Waals surface area contributed by atoms with Crippen LogP contribution >= 0.6 is 0 Å². The quantitative estimate of drug-likeness (QED) is 0.740. The van der Waals surface area contributed by atoms with Crippen molar-refractivity contribution in [3.05, 3.63) is 59.8 Å². The first-order valence-corrected chi connectivity index (χ1v) is 6.44. The van der Waals surface area contributed by atoms with Crippen LogP contribution < -0.4 is 4.74 Å². The number of ether oxygens (including phenoxy) is 1. The normalized spacial score (nSPS) is 17.2. The van der Waals surface area contributed by atoms with Crippen LogP contribution in [0.4, 0.5) is 4.39 Å². The molecular formula is C17H16FO. The summed E-state index contributed by atoms with van der Waals surface area (Å²) in [6.07, 6.45) is 0.547. The average molecular weight is 255 g/mol. The monoisotopic (exact) mass is 255 g/mol. The Balaban J connectivity index is 2.23. The molecule has 1 nitrogen and oxygen atoms in total. The van der Waals surface area contributed by atoms with Crippen molar-refractivity contribution in [2.75, 3.05) is 0 Å². The van der Waals surface area contributed by atoms with E-state index in [1.807, 2.05) is 13.8 Å². The molecule has 0 spiro atoms.